The average Bonchev–Trinajstić information content (AvgIpc) is 3.42. The third-order valence-electron chi connectivity index (χ3n) is 7.51. The van der Waals surface area contributed by atoms with Crippen molar-refractivity contribution in [2.45, 2.75) is 31.7 Å². The molecule has 1 saturated carbocycles. The molecule has 208 valence electrons. The van der Waals surface area contributed by atoms with E-state index in [0.717, 1.165) is 11.0 Å². The number of carbonyl (C=O) groups excluding carboxylic acids is 1. The Morgan fingerprint density at radius 3 is 2.45 bits per heavy atom. The SMILES string of the molecule is CCOc1ccc(-c2nnc(C3CC(NC(=O)c4cccc5nc6ccccc6nc45)C3)n2-c2ccccc2F)nc1. The minimum absolute atomic E-state index is 0.0323. The molecule has 0 atom stereocenters. The summed E-state index contributed by atoms with van der Waals surface area (Å²) < 4.78 is 22.3. The summed E-state index contributed by atoms with van der Waals surface area (Å²) in [6, 6.07) is 23.1. The van der Waals surface area contributed by atoms with Crippen molar-refractivity contribution in [3.63, 3.8) is 0 Å². The van der Waals surface area contributed by atoms with Crippen LogP contribution in [-0.4, -0.2) is 48.3 Å². The van der Waals surface area contributed by atoms with Gasteiger partial charge in [0.1, 0.15) is 28.6 Å². The Balaban J connectivity index is 1.14. The lowest BCUT2D eigenvalue weighted by Crippen LogP contribution is -2.44. The van der Waals surface area contributed by atoms with Gasteiger partial charge in [-0.25, -0.2) is 19.3 Å². The molecule has 0 aliphatic heterocycles. The second-order valence-corrected chi connectivity index (χ2v) is 10.2. The highest BCUT2D eigenvalue weighted by Crippen LogP contribution is 2.39. The minimum Gasteiger partial charge on any atom is -0.492 e. The number of rotatable bonds is 7. The number of hydrogen-bond acceptors (Lipinski definition) is 7. The molecule has 0 spiro atoms. The number of hydrogen-bond donors (Lipinski definition) is 1. The Morgan fingerprint density at radius 2 is 1.69 bits per heavy atom. The number of ether oxygens (including phenoxy) is 1. The number of carbonyl (C=O) groups is 1. The Morgan fingerprint density at radius 1 is 0.929 bits per heavy atom. The summed E-state index contributed by atoms with van der Waals surface area (Å²) >= 11 is 0. The van der Waals surface area contributed by atoms with Crippen molar-refractivity contribution >= 4 is 28.0 Å². The van der Waals surface area contributed by atoms with Gasteiger partial charge in [0.05, 0.1) is 40.6 Å². The Kier molecular flexibility index (Phi) is 6.50. The molecule has 1 fully saturated rings. The first kappa shape index (κ1) is 25.7. The predicted molar refractivity (Wildman–Crippen MR) is 156 cm³/mol. The number of nitrogens with one attached hydrogen (secondary N) is 1. The molecule has 3 heterocycles. The molecule has 42 heavy (non-hydrogen) atoms. The third kappa shape index (κ3) is 4.60. The Hall–Kier alpha value is -5.25. The van der Waals surface area contributed by atoms with Crippen LogP contribution in [0.15, 0.2) is 85.1 Å². The zero-order valence-electron chi connectivity index (χ0n) is 22.7. The van der Waals surface area contributed by atoms with Gasteiger partial charge in [-0.15, -0.1) is 10.2 Å². The maximum absolute atomic E-state index is 15.1. The monoisotopic (exact) mass is 559 g/mol. The van der Waals surface area contributed by atoms with E-state index >= 15 is 4.39 Å². The average molecular weight is 560 g/mol. The Bertz CT molecular complexity index is 1930. The first-order valence-corrected chi connectivity index (χ1v) is 13.8. The molecule has 3 aromatic carbocycles. The highest BCUT2D eigenvalue weighted by atomic mass is 19.1. The maximum Gasteiger partial charge on any atom is 0.253 e. The van der Waals surface area contributed by atoms with Gasteiger partial charge in [0, 0.05) is 12.0 Å². The van der Waals surface area contributed by atoms with Crippen LogP contribution in [0.5, 0.6) is 5.75 Å². The van der Waals surface area contributed by atoms with Crippen molar-refractivity contribution in [1.82, 2.24) is 35.0 Å². The number of nitrogens with zero attached hydrogens (tertiary/aromatic N) is 6. The zero-order chi connectivity index (χ0) is 28.6. The van der Waals surface area contributed by atoms with E-state index in [1.165, 1.54) is 6.07 Å². The number of para-hydroxylation sites is 4. The van der Waals surface area contributed by atoms with Gasteiger partial charge in [-0.05, 0) is 68.3 Å². The van der Waals surface area contributed by atoms with Crippen LogP contribution in [-0.2, 0) is 0 Å². The molecule has 0 unspecified atom stereocenters. The zero-order valence-corrected chi connectivity index (χ0v) is 22.7. The van der Waals surface area contributed by atoms with Crippen LogP contribution in [0.3, 0.4) is 0 Å². The normalized spacial score (nSPS) is 16.3. The van der Waals surface area contributed by atoms with Crippen LogP contribution in [0, 0.1) is 5.82 Å². The van der Waals surface area contributed by atoms with Crippen molar-refractivity contribution in [2.75, 3.05) is 6.61 Å². The standard InChI is InChI=1S/C32H26FN7O2/c1-2-42-21-14-15-27(34-18-21)31-39-38-30(40(31)28-13-6-3-9-23(28)33)19-16-20(17-19)35-32(41)22-8-7-12-26-29(22)37-25-11-5-4-10-24(25)36-26/h3-15,18-20H,2,16-17H2,1H3,(H,35,41). The second kappa shape index (κ2) is 10.6. The summed E-state index contributed by atoms with van der Waals surface area (Å²) in [4.78, 5) is 27.2. The largest absolute Gasteiger partial charge is 0.492 e. The van der Waals surface area contributed by atoms with Gasteiger partial charge in [-0.1, -0.05) is 30.3 Å². The first-order chi connectivity index (χ1) is 20.6. The molecule has 1 aliphatic carbocycles. The first-order valence-electron chi connectivity index (χ1n) is 13.8. The molecule has 1 aliphatic rings. The van der Waals surface area contributed by atoms with E-state index in [9.17, 15) is 4.79 Å². The molecule has 10 heteroatoms. The molecular formula is C32H26FN7O2. The van der Waals surface area contributed by atoms with E-state index < -0.39 is 0 Å². The maximum atomic E-state index is 15.1. The van der Waals surface area contributed by atoms with Crippen LogP contribution >= 0.6 is 0 Å². The van der Waals surface area contributed by atoms with Crippen LogP contribution in [0.4, 0.5) is 4.39 Å². The van der Waals surface area contributed by atoms with Gasteiger partial charge >= 0.3 is 0 Å². The fourth-order valence-corrected chi connectivity index (χ4v) is 5.40. The van der Waals surface area contributed by atoms with Gasteiger partial charge < -0.3 is 10.1 Å². The lowest BCUT2D eigenvalue weighted by Gasteiger charge is -2.35. The number of pyridine rings is 1. The molecular weight excluding hydrogens is 533 g/mol. The lowest BCUT2D eigenvalue weighted by molar-refractivity contribution is 0.0908. The summed E-state index contributed by atoms with van der Waals surface area (Å²) in [5.41, 5.74) is 4.12. The van der Waals surface area contributed by atoms with E-state index in [4.69, 9.17) is 9.72 Å². The fourth-order valence-electron chi connectivity index (χ4n) is 5.40. The van der Waals surface area contributed by atoms with Gasteiger partial charge in [0.2, 0.25) is 0 Å². The van der Waals surface area contributed by atoms with Crippen LogP contribution in [0.25, 0.3) is 39.3 Å². The van der Waals surface area contributed by atoms with Gasteiger partial charge in [-0.3, -0.25) is 9.36 Å². The quantitative estimate of drug-likeness (QED) is 0.252. The van der Waals surface area contributed by atoms with Crippen molar-refractivity contribution in [3.8, 4) is 23.0 Å². The summed E-state index contributed by atoms with van der Waals surface area (Å²) in [6.07, 6.45) is 2.89. The smallest absolute Gasteiger partial charge is 0.253 e. The van der Waals surface area contributed by atoms with E-state index in [-0.39, 0.29) is 23.7 Å². The van der Waals surface area contributed by atoms with Gasteiger partial charge in [0.25, 0.3) is 5.91 Å². The van der Waals surface area contributed by atoms with E-state index in [1.807, 2.05) is 43.3 Å². The number of halogens is 1. The van der Waals surface area contributed by atoms with Crippen LogP contribution in [0.2, 0.25) is 0 Å². The summed E-state index contributed by atoms with van der Waals surface area (Å²) in [6.45, 7) is 2.43. The van der Waals surface area contributed by atoms with Crippen molar-refractivity contribution in [2.24, 2.45) is 0 Å². The molecule has 9 nitrogen and oxygen atoms in total. The van der Waals surface area contributed by atoms with Gasteiger partial charge in [-0.2, -0.15) is 0 Å². The minimum atomic E-state index is -0.389. The molecule has 0 radical (unpaired) electrons. The summed E-state index contributed by atoms with van der Waals surface area (Å²) in [5, 5.41) is 12.0. The number of amides is 1. The van der Waals surface area contributed by atoms with E-state index in [0.29, 0.717) is 64.8 Å². The molecule has 1 N–H and O–H groups in total. The highest BCUT2D eigenvalue weighted by Gasteiger charge is 2.37. The van der Waals surface area contributed by atoms with Crippen molar-refractivity contribution in [3.05, 3.63) is 102 Å². The number of benzene rings is 3. The van der Waals surface area contributed by atoms with Gasteiger partial charge in [0.15, 0.2) is 5.82 Å². The molecule has 3 aromatic heterocycles. The molecule has 7 rings (SSSR count). The van der Waals surface area contributed by atoms with E-state index in [2.05, 4.69) is 25.5 Å². The van der Waals surface area contributed by atoms with Crippen LogP contribution in [0.1, 0.15) is 41.9 Å². The number of aromatic nitrogens is 6. The van der Waals surface area contributed by atoms with Crippen molar-refractivity contribution in [1.29, 1.82) is 0 Å². The van der Waals surface area contributed by atoms with E-state index in [1.54, 1.807) is 47.2 Å². The number of fused-ring (bicyclic) bond motifs is 2. The summed E-state index contributed by atoms with van der Waals surface area (Å²) in [5.74, 6) is 1.07. The third-order valence-corrected chi connectivity index (χ3v) is 7.51. The van der Waals surface area contributed by atoms with Crippen molar-refractivity contribution < 1.29 is 13.9 Å². The highest BCUT2D eigenvalue weighted by molar-refractivity contribution is 6.06. The molecule has 0 bridgehead atoms. The predicted octanol–water partition coefficient (Wildman–Crippen LogP) is 5.64. The molecule has 1 amide bonds. The second-order valence-electron chi connectivity index (χ2n) is 10.2. The molecule has 0 saturated heterocycles. The molecule has 6 aromatic rings. The Labute approximate surface area is 240 Å². The topological polar surface area (TPSA) is 108 Å². The summed E-state index contributed by atoms with van der Waals surface area (Å²) in [7, 11) is 0. The van der Waals surface area contributed by atoms with Crippen LogP contribution < -0.4 is 10.1 Å². The fraction of sp³-hybridized carbons (Fsp3) is 0.188. The lowest BCUT2D eigenvalue weighted by atomic mass is 9.79.